The van der Waals surface area contributed by atoms with Crippen LogP contribution in [0.1, 0.15) is 13.3 Å². The predicted octanol–water partition coefficient (Wildman–Crippen LogP) is 0.615. The zero-order valence-electron chi connectivity index (χ0n) is 5.65. The Balaban J connectivity index is 3.23. The first-order chi connectivity index (χ1) is 4.34. The molecule has 1 rings (SSSR count). The molecule has 0 aliphatic rings. The Labute approximate surface area is 54.7 Å². The van der Waals surface area contributed by atoms with Crippen LogP contribution in [0.25, 0.3) is 12.7 Å². The molecule has 1 aromatic heterocycles. The number of aromatic amines is 1. The van der Waals surface area contributed by atoms with Crippen molar-refractivity contribution in [3.8, 4) is 0 Å². The van der Waals surface area contributed by atoms with Gasteiger partial charge in [0.2, 0.25) is 0 Å². The number of nitrogens with one attached hydrogen (secondary N) is 1. The lowest BCUT2D eigenvalue weighted by Gasteiger charge is -1.74. The molecule has 48 valence electrons. The van der Waals surface area contributed by atoms with Gasteiger partial charge in [-0.05, 0) is 17.7 Å². The fourth-order valence-electron chi connectivity index (χ4n) is 0.827. The molecule has 1 aromatic rings. The van der Waals surface area contributed by atoms with E-state index in [4.69, 9.17) is 0 Å². The summed E-state index contributed by atoms with van der Waals surface area (Å²) in [6, 6.07) is 2.03. The van der Waals surface area contributed by atoms with Crippen molar-refractivity contribution in [2.45, 2.75) is 13.3 Å². The van der Waals surface area contributed by atoms with Crippen LogP contribution in [0.5, 0.6) is 0 Å². The minimum atomic E-state index is 1.01. The molecule has 9 heavy (non-hydrogen) atoms. The molecule has 0 amide bonds. The summed E-state index contributed by atoms with van der Waals surface area (Å²) in [5.41, 5.74) is 0. The summed E-state index contributed by atoms with van der Waals surface area (Å²) in [4.78, 5) is 3.01. The van der Waals surface area contributed by atoms with Crippen molar-refractivity contribution in [1.82, 2.24) is 4.98 Å². The summed E-state index contributed by atoms with van der Waals surface area (Å²) < 4.78 is 0. The zero-order valence-corrected chi connectivity index (χ0v) is 5.65. The van der Waals surface area contributed by atoms with Crippen LogP contribution >= 0.6 is 0 Å². The molecular formula is C8H11N. The standard InChI is InChI=1S/C8H11N/c1-3-4-8-5-6-9-7(8)2/h4-6,9H,2-3H2,1H3/b8-4-. The van der Waals surface area contributed by atoms with Crippen LogP contribution in [0, 0.1) is 0 Å². The minimum Gasteiger partial charge on any atom is -0.362 e. The second-order valence-corrected chi connectivity index (χ2v) is 2.02. The van der Waals surface area contributed by atoms with E-state index in [1.54, 1.807) is 0 Å². The monoisotopic (exact) mass is 121 g/mol. The third-order valence-corrected chi connectivity index (χ3v) is 1.29. The maximum atomic E-state index is 3.81. The fourth-order valence-corrected chi connectivity index (χ4v) is 0.827. The van der Waals surface area contributed by atoms with Crippen LogP contribution in [0.3, 0.4) is 0 Å². The average molecular weight is 121 g/mol. The number of H-pyrrole nitrogens is 1. The van der Waals surface area contributed by atoms with Gasteiger partial charge in [0.15, 0.2) is 0 Å². The lowest BCUT2D eigenvalue weighted by Crippen LogP contribution is -2.19. The van der Waals surface area contributed by atoms with Crippen LogP contribution in [-0.2, 0) is 0 Å². The summed E-state index contributed by atoms with van der Waals surface area (Å²) in [7, 11) is 0. The highest BCUT2D eigenvalue weighted by Crippen LogP contribution is 1.72. The van der Waals surface area contributed by atoms with Gasteiger partial charge in [-0.15, -0.1) is 0 Å². The molecule has 0 saturated heterocycles. The van der Waals surface area contributed by atoms with Gasteiger partial charge < -0.3 is 4.98 Å². The molecule has 1 heterocycles. The maximum Gasteiger partial charge on any atom is 0.0377 e. The predicted molar refractivity (Wildman–Crippen MR) is 40.3 cm³/mol. The third-order valence-electron chi connectivity index (χ3n) is 1.29. The van der Waals surface area contributed by atoms with Crippen LogP contribution in [-0.4, -0.2) is 4.98 Å². The normalized spacial score (nSPS) is 12.3. The summed E-state index contributed by atoms with van der Waals surface area (Å²) in [6.07, 6.45) is 5.13. The van der Waals surface area contributed by atoms with Gasteiger partial charge in [-0.2, -0.15) is 0 Å². The number of hydrogen-bond acceptors (Lipinski definition) is 0. The van der Waals surface area contributed by atoms with Gasteiger partial charge in [-0.1, -0.05) is 19.6 Å². The van der Waals surface area contributed by atoms with E-state index in [9.17, 15) is 0 Å². The molecule has 0 aliphatic heterocycles. The van der Waals surface area contributed by atoms with Crippen molar-refractivity contribution in [2.75, 3.05) is 0 Å². The first kappa shape index (κ1) is 6.14. The molecule has 1 N–H and O–H groups in total. The Morgan fingerprint density at radius 1 is 1.78 bits per heavy atom. The Hall–Kier alpha value is -0.980. The minimum absolute atomic E-state index is 1.01. The quantitative estimate of drug-likeness (QED) is 0.560. The van der Waals surface area contributed by atoms with Gasteiger partial charge in [-0.3, -0.25) is 0 Å². The van der Waals surface area contributed by atoms with Gasteiger partial charge in [0.05, 0.1) is 0 Å². The summed E-state index contributed by atoms with van der Waals surface area (Å²) in [5.74, 6) is 0. The number of rotatable bonds is 1. The fraction of sp³-hybridized carbons (Fsp3) is 0.250. The lowest BCUT2D eigenvalue weighted by molar-refractivity contribution is 1.27. The highest BCUT2D eigenvalue weighted by atomic mass is 14.6. The van der Waals surface area contributed by atoms with E-state index < -0.39 is 0 Å². The highest BCUT2D eigenvalue weighted by molar-refractivity contribution is 5.22. The van der Waals surface area contributed by atoms with E-state index in [1.165, 1.54) is 5.22 Å². The number of hydrogen-bond donors (Lipinski definition) is 1. The lowest BCUT2D eigenvalue weighted by atomic mass is 10.3. The summed E-state index contributed by atoms with van der Waals surface area (Å²) in [5, 5.41) is 2.23. The average Bonchev–Trinajstić information content (AvgIpc) is 2.18. The van der Waals surface area contributed by atoms with Crippen molar-refractivity contribution in [1.29, 1.82) is 0 Å². The maximum absolute atomic E-state index is 3.81. The molecule has 0 aliphatic carbocycles. The van der Waals surface area contributed by atoms with Crippen molar-refractivity contribution < 1.29 is 0 Å². The molecule has 0 bridgehead atoms. The van der Waals surface area contributed by atoms with E-state index in [0.29, 0.717) is 0 Å². The second kappa shape index (κ2) is 2.53. The molecule has 0 atom stereocenters. The van der Waals surface area contributed by atoms with Crippen LogP contribution in [0.2, 0.25) is 0 Å². The summed E-state index contributed by atoms with van der Waals surface area (Å²) in [6.45, 7) is 5.93. The SMILES string of the molecule is C=c1[nH]cc/c1=C/CC. The Morgan fingerprint density at radius 2 is 2.56 bits per heavy atom. The first-order valence-corrected chi connectivity index (χ1v) is 3.17. The van der Waals surface area contributed by atoms with E-state index in [0.717, 1.165) is 11.8 Å². The van der Waals surface area contributed by atoms with E-state index in [1.807, 2.05) is 12.3 Å². The molecule has 0 unspecified atom stereocenters. The largest absolute Gasteiger partial charge is 0.362 e. The van der Waals surface area contributed by atoms with Crippen LogP contribution in [0.15, 0.2) is 12.3 Å². The van der Waals surface area contributed by atoms with Gasteiger partial charge in [0.25, 0.3) is 0 Å². The van der Waals surface area contributed by atoms with Gasteiger partial charge >= 0.3 is 0 Å². The summed E-state index contributed by atoms with van der Waals surface area (Å²) >= 11 is 0. The van der Waals surface area contributed by atoms with Crippen molar-refractivity contribution in [2.24, 2.45) is 0 Å². The molecule has 1 heteroatoms. The Morgan fingerprint density at radius 3 is 3.00 bits per heavy atom. The number of aromatic nitrogens is 1. The first-order valence-electron chi connectivity index (χ1n) is 3.17. The van der Waals surface area contributed by atoms with Gasteiger partial charge in [-0.25, -0.2) is 0 Å². The molecule has 1 nitrogen and oxygen atoms in total. The Kier molecular flexibility index (Phi) is 1.73. The van der Waals surface area contributed by atoms with Crippen molar-refractivity contribution >= 4 is 12.7 Å². The van der Waals surface area contributed by atoms with Gasteiger partial charge in [0, 0.05) is 11.5 Å². The van der Waals surface area contributed by atoms with Crippen LogP contribution in [0.4, 0.5) is 0 Å². The van der Waals surface area contributed by atoms with Crippen molar-refractivity contribution in [3.05, 3.63) is 22.8 Å². The van der Waals surface area contributed by atoms with E-state index in [-0.39, 0.29) is 0 Å². The third kappa shape index (κ3) is 1.22. The van der Waals surface area contributed by atoms with E-state index >= 15 is 0 Å². The molecule has 0 saturated carbocycles. The van der Waals surface area contributed by atoms with Gasteiger partial charge in [0.1, 0.15) is 0 Å². The highest BCUT2D eigenvalue weighted by Gasteiger charge is 1.77. The van der Waals surface area contributed by atoms with Crippen molar-refractivity contribution in [3.63, 3.8) is 0 Å². The smallest absolute Gasteiger partial charge is 0.0377 e. The molecule has 0 fully saturated rings. The molecule has 0 spiro atoms. The Bertz CT molecular complexity index is 269. The molecule has 0 aromatic carbocycles. The topological polar surface area (TPSA) is 15.8 Å². The molecular weight excluding hydrogens is 110 g/mol. The second-order valence-electron chi connectivity index (χ2n) is 2.02. The zero-order chi connectivity index (χ0) is 6.69. The van der Waals surface area contributed by atoms with E-state index in [2.05, 4.69) is 24.6 Å². The molecule has 0 radical (unpaired) electrons. The van der Waals surface area contributed by atoms with Crippen LogP contribution < -0.4 is 10.6 Å².